The fourth-order valence-electron chi connectivity index (χ4n) is 2.21. The van der Waals surface area contributed by atoms with Gasteiger partial charge in [-0.15, -0.1) is 0 Å². The Balaban J connectivity index is 2.16. The second-order valence-corrected chi connectivity index (χ2v) is 7.06. The molecule has 0 aliphatic heterocycles. The summed E-state index contributed by atoms with van der Waals surface area (Å²) in [6.07, 6.45) is 1.97. The van der Waals surface area contributed by atoms with Crippen LogP contribution in [0.5, 0.6) is 0 Å². The van der Waals surface area contributed by atoms with Crippen molar-refractivity contribution in [3.63, 3.8) is 0 Å². The maximum Gasteiger partial charge on any atom is 0.360 e. The van der Waals surface area contributed by atoms with Crippen molar-refractivity contribution in [1.29, 1.82) is 0 Å². The number of nitrogens with zero attached hydrogens (tertiary/aromatic N) is 2. The van der Waals surface area contributed by atoms with Crippen LogP contribution in [-0.4, -0.2) is 35.5 Å². The molecule has 0 spiro atoms. The molecule has 1 heterocycles. The summed E-state index contributed by atoms with van der Waals surface area (Å²) in [5.74, 6) is 0.00462. The van der Waals surface area contributed by atoms with Gasteiger partial charge in [0.25, 0.3) is 0 Å². The third-order valence-electron chi connectivity index (χ3n) is 3.73. The molecular formula is C18H21Cl2N3O4. The molecular weight excluding hydrogens is 393 g/mol. The van der Waals surface area contributed by atoms with E-state index in [4.69, 9.17) is 27.6 Å². The predicted molar refractivity (Wildman–Crippen MR) is 103 cm³/mol. The number of hydrogen-bond donors (Lipinski definition) is 1. The second-order valence-electron chi connectivity index (χ2n) is 6.25. The molecule has 27 heavy (non-hydrogen) atoms. The molecule has 0 bridgehead atoms. The van der Waals surface area contributed by atoms with E-state index in [0.717, 1.165) is 6.42 Å². The van der Waals surface area contributed by atoms with Crippen molar-refractivity contribution in [2.75, 3.05) is 19.0 Å². The summed E-state index contributed by atoms with van der Waals surface area (Å²) in [5.41, 5.74) is 0.383. The summed E-state index contributed by atoms with van der Waals surface area (Å²) in [6, 6.07) is 4.57. The molecule has 0 radical (unpaired) electrons. The highest BCUT2D eigenvalue weighted by molar-refractivity contribution is 6.39. The van der Waals surface area contributed by atoms with Crippen molar-refractivity contribution in [1.82, 2.24) is 9.88 Å². The molecule has 1 aromatic heterocycles. The molecule has 7 nitrogen and oxygen atoms in total. The highest BCUT2D eigenvalue weighted by Crippen LogP contribution is 2.30. The molecule has 2 aromatic rings. The number of ether oxygens (including phenoxy) is 1. The van der Waals surface area contributed by atoms with Gasteiger partial charge in [-0.25, -0.2) is 14.6 Å². The van der Waals surface area contributed by atoms with Gasteiger partial charge in [0.15, 0.2) is 5.69 Å². The van der Waals surface area contributed by atoms with Crippen molar-refractivity contribution in [2.45, 2.75) is 26.8 Å². The van der Waals surface area contributed by atoms with Gasteiger partial charge in [0.2, 0.25) is 5.89 Å². The van der Waals surface area contributed by atoms with E-state index in [1.54, 1.807) is 18.2 Å². The largest absolute Gasteiger partial charge is 0.464 e. The zero-order valence-corrected chi connectivity index (χ0v) is 16.8. The number of para-hydroxylation sites is 1. The number of nitrogens with one attached hydrogen (secondary N) is 1. The van der Waals surface area contributed by atoms with Crippen molar-refractivity contribution in [3.05, 3.63) is 46.1 Å². The highest BCUT2D eigenvalue weighted by Gasteiger charge is 2.20. The molecule has 146 valence electrons. The zero-order valence-electron chi connectivity index (χ0n) is 15.3. The van der Waals surface area contributed by atoms with E-state index < -0.39 is 12.0 Å². The van der Waals surface area contributed by atoms with Crippen molar-refractivity contribution >= 4 is 40.9 Å². The quantitative estimate of drug-likeness (QED) is 0.655. The Kier molecular flexibility index (Phi) is 7.50. The van der Waals surface area contributed by atoms with E-state index in [2.05, 4.69) is 28.9 Å². The van der Waals surface area contributed by atoms with Crippen LogP contribution in [-0.2, 0) is 11.3 Å². The summed E-state index contributed by atoms with van der Waals surface area (Å²) >= 11 is 12.2. The van der Waals surface area contributed by atoms with Gasteiger partial charge in [-0.2, -0.15) is 0 Å². The number of halogens is 2. The minimum atomic E-state index is -0.606. The number of carbonyl (C=O) groups excluding carboxylic acids is 2. The number of rotatable bonds is 7. The average molecular weight is 414 g/mol. The smallest absolute Gasteiger partial charge is 0.360 e. The van der Waals surface area contributed by atoms with E-state index in [1.807, 2.05) is 0 Å². The monoisotopic (exact) mass is 413 g/mol. The Morgan fingerprint density at radius 2 is 1.96 bits per heavy atom. The molecule has 0 fully saturated rings. The molecule has 0 unspecified atom stereocenters. The third kappa shape index (κ3) is 5.87. The first kappa shape index (κ1) is 21.1. The standard InChI is InChI=1S/C18H21Cl2N3O4/c1-11(2)7-8-23(9-15-21-14(10-27-15)17(24)26-3)18(25)22-16-12(19)5-4-6-13(16)20/h4-6,10-11H,7-9H2,1-3H3,(H,22,25). The fourth-order valence-corrected chi connectivity index (χ4v) is 2.71. The van der Waals surface area contributed by atoms with Gasteiger partial charge in [-0.1, -0.05) is 43.1 Å². The molecule has 1 aromatic carbocycles. The van der Waals surface area contributed by atoms with Crippen LogP contribution in [0.15, 0.2) is 28.9 Å². The lowest BCUT2D eigenvalue weighted by Crippen LogP contribution is -2.36. The maximum atomic E-state index is 12.8. The number of benzene rings is 1. The van der Waals surface area contributed by atoms with Crippen molar-refractivity contribution < 1.29 is 18.7 Å². The van der Waals surface area contributed by atoms with Crippen LogP contribution in [0.2, 0.25) is 10.0 Å². The summed E-state index contributed by atoms with van der Waals surface area (Å²) in [6.45, 7) is 4.65. The lowest BCUT2D eigenvalue weighted by Gasteiger charge is -2.23. The number of oxazole rings is 1. The molecule has 0 aliphatic carbocycles. The van der Waals surface area contributed by atoms with E-state index in [-0.39, 0.29) is 18.1 Å². The van der Waals surface area contributed by atoms with Gasteiger partial charge < -0.3 is 19.4 Å². The van der Waals surface area contributed by atoms with Crippen LogP contribution < -0.4 is 5.32 Å². The maximum absolute atomic E-state index is 12.8. The van der Waals surface area contributed by atoms with Crippen LogP contribution in [0.1, 0.15) is 36.6 Å². The number of amides is 2. The van der Waals surface area contributed by atoms with Gasteiger partial charge >= 0.3 is 12.0 Å². The molecule has 2 amide bonds. The lowest BCUT2D eigenvalue weighted by molar-refractivity contribution is 0.0594. The van der Waals surface area contributed by atoms with E-state index in [0.29, 0.717) is 28.2 Å². The van der Waals surface area contributed by atoms with E-state index in [1.165, 1.54) is 18.3 Å². The summed E-state index contributed by atoms with van der Waals surface area (Å²) in [7, 11) is 1.26. The van der Waals surface area contributed by atoms with Crippen LogP contribution in [0.25, 0.3) is 0 Å². The number of esters is 1. The van der Waals surface area contributed by atoms with E-state index >= 15 is 0 Å². The normalized spacial score (nSPS) is 10.7. The molecule has 0 saturated heterocycles. The molecule has 0 aliphatic rings. The van der Waals surface area contributed by atoms with Gasteiger partial charge in [0.1, 0.15) is 6.26 Å². The first-order valence-electron chi connectivity index (χ1n) is 8.34. The Hall–Kier alpha value is -2.25. The Morgan fingerprint density at radius 3 is 2.56 bits per heavy atom. The van der Waals surface area contributed by atoms with E-state index in [9.17, 15) is 9.59 Å². The minimum Gasteiger partial charge on any atom is -0.464 e. The van der Waals surface area contributed by atoms with Crippen molar-refractivity contribution in [3.8, 4) is 0 Å². The topological polar surface area (TPSA) is 84.7 Å². The first-order valence-corrected chi connectivity index (χ1v) is 9.10. The number of anilines is 1. The van der Waals surface area contributed by atoms with Crippen LogP contribution in [0.4, 0.5) is 10.5 Å². The summed E-state index contributed by atoms with van der Waals surface area (Å²) in [4.78, 5) is 29.9. The highest BCUT2D eigenvalue weighted by atomic mass is 35.5. The fraction of sp³-hybridized carbons (Fsp3) is 0.389. The first-order chi connectivity index (χ1) is 12.8. The molecule has 0 saturated carbocycles. The summed E-state index contributed by atoms with van der Waals surface area (Å²) < 4.78 is 9.89. The Bertz CT molecular complexity index is 787. The molecule has 1 N–H and O–H groups in total. The van der Waals surface area contributed by atoms with Gasteiger partial charge in [0, 0.05) is 6.54 Å². The van der Waals surface area contributed by atoms with Crippen molar-refractivity contribution in [2.24, 2.45) is 5.92 Å². The molecule has 9 heteroatoms. The second kappa shape index (κ2) is 9.62. The summed E-state index contributed by atoms with van der Waals surface area (Å²) in [5, 5.41) is 3.40. The van der Waals surface area contributed by atoms with Crippen LogP contribution in [0, 0.1) is 5.92 Å². The van der Waals surface area contributed by atoms with Crippen LogP contribution >= 0.6 is 23.2 Å². The number of aromatic nitrogens is 1. The van der Waals surface area contributed by atoms with Gasteiger partial charge in [-0.05, 0) is 24.5 Å². The lowest BCUT2D eigenvalue weighted by atomic mass is 10.1. The third-order valence-corrected chi connectivity index (χ3v) is 4.36. The Labute approximate surface area is 167 Å². The van der Waals surface area contributed by atoms with Gasteiger partial charge in [-0.3, -0.25) is 0 Å². The van der Waals surface area contributed by atoms with Crippen LogP contribution in [0.3, 0.4) is 0 Å². The predicted octanol–water partition coefficient (Wildman–Crippen LogP) is 4.85. The number of carbonyl (C=O) groups is 2. The van der Waals surface area contributed by atoms with Gasteiger partial charge in [0.05, 0.1) is 29.4 Å². The SMILES string of the molecule is COC(=O)c1coc(CN(CCC(C)C)C(=O)Nc2c(Cl)cccc2Cl)n1. The molecule has 2 rings (SSSR count). The average Bonchev–Trinajstić information content (AvgIpc) is 3.09. The molecule has 0 atom stereocenters. The number of urea groups is 1. The number of hydrogen-bond acceptors (Lipinski definition) is 5. The minimum absolute atomic E-state index is 0.0471. The number of methoxy groups -OCH3 is 1. The Morgan fingerprint density at radius 1 is 1.30 bits per heavy atom. The zero-order chi connectivity index (χ0) is 20.0.